The highest BCUT2D eigenvalue weighted by Gasteiger charge is 2.55. The van der Waals surface area contributed by atoms with Gasteiger partial charge in [0.05, 0.1) is 0 Å². The Kier molecular flexibility index (Phi) is 2.99. The molecule has 3 amide bonds. The predicted molar refractivity (Wildman–Crippen MR) is 75.7 cm³/mol. The Labute approximate surface area is 128 Å². The van der Waals surface area contributed by atoms with Gasteiger partial charge in [-0.2, -0.15) is 4.98 Å². The number of aromatic nitrogens is 2. The maximum absolute atomic E-state index is 12.8. The number of nitrogens with zero attached hydrogens (tertiary/aromatic N) is 3. The highest BCUT2D eigenvalue weighted by Crippen LogP contribution is 2.39. The molecule has 7 heteroatoms. The van der Waals surface area contributed by atoms with Crippen LogP contribution in [-0.2, 0) is 11.3 Å². The minimum Gasteiger partial charge on any atom is -0.337 e. The number of hydrogen-bond donors (Lipinski definition) is 1. The molecule has 0 bridgehead atoms. The molecule has 2 atom stereocenters. The topological polar surface area (TPSA) is 88.3 Å². The third kappa shape index (κ3) is 2.02. The summed E-state index contributed by atoms with van der Waals surface area (Å²) < 4.78 is 5.19. The predicted octanol–water partition coefficient (Wildman–Crippen LogP) is 1.95. The average Bonchev–Trinajstić information content (AvgIpc) is 3.20. The van der Waals surface area contributed by atoms with Gasteiger partial charge in [0.15, 0.2) is 5.82 Å². The first-order valence-corrected chi connectivity index (χ1v) is 8.07. The number of nitrogens with one attached hydrogen (secondary N) is 1. The molecule has 3 aliphatic rings. The van der Waals surface area contributed by atoms with E-state index in [1.165, 1.54) is 4.90 Å². The van der Waals surface area contributed by atoms with Gasteiger partial charge in [0.1, 0.15) is 12.1 Å². The van der Waals surface area contributed by atoms with Crippen molar-refractivity contribution in [3.8, 4) is 0 Å². The standard InChI is InChI=1S/C15H20N4O3/c1-9-4-2-3-7-15(9)13(20)19(14(21)17-15)8-11-16-12(18-22-11)10-5-6-10/h9-10H,2-8H2,1H3,(H,17,21)/t9-,15+/m0/s1. The second kappa shape index (κ2) is 4.79. The number of urea groups is 1. The third-order valence-corrected chi connectivity index (χ3v) is 5.22. The lowest BCUT2D eigenvalue weighted by Crippen LogP contribution is -2.53. The number of carbonyl (C=O) groups excluding carboxylic acids is 2. The Balaban J connectivity index is 1.53. The molecule has 22 heavy (non-hydrogen) atoms. The number of hydrogen-bond acceptors (Lipinski definition) is 5. The van der Waals surface area contributed by atoms with Crippen LogP contribution in [0.25, 0.3) is 0 Å². The van der Waals surface area contributed by atoms with Crippen LogP contribution in [0.4, 0.5) is 4.79 Å². The summed E-state index contributed by atoms with van der Waals surface area (Å²) in [6.45, 7) is 2.11. The van der Waals surface area contributed by atoms with Crippen LogP contribution in [-0.4, -0.2) is 32.5 Å². The van der Waals surface area contributed by atoms with Gasteiger partial charge in [0, 0.05) is 5.92 Å². The third-order valence-electron chi connectivity index (χ3n) is 5.22. The zero-order valence-electron chi connectivity index (χ0n) is 12.7. The van der Waals surface area contributed by atoms with E-state index >= 15 is 0 Å². The summed E-state index contributed by atoms with van der Waals surface area (Å²) in [4.78, 5) is 30.6. The maximum atomic E-state index is 12.8. The molecule has 0 radical (unpaired) electrons. The molecule has 1 N–H and O–H groups in total. The molecular weight excluding hydrogens is 284 g/mol. The van der Waals surface area contributed by atoms with Crippen molar-refractivity contribution in [1.82, 2.24) is 20.4 Å². The van der Waals surface area contributed by atoms with Crippen molar-refractivity contribution < 1.29 is 14.1 Å². The van der Waals surface area contributed by atoms with Crippen molar-refractivity contribution in [2.24, 2.45) is 5.92 Å². The quantitative estimate of drug-likeness (QED) is 0.862. The highest BCUT2D eigenvalue weighted by atomic mass is 16.5. The summed E-state index contributed by atoms with van der Waals surface area (Å²) in [7, 11) is 0. The van der Waals surface area contributed by atoms with Crippen molar-refractivity contribution in [1.29, 1.82) is 0 Å². The van der Waals surface area contributed by atoms with E-state index in [9.17, 15) is 9.59 Å². The molecule has 7 nitrogen and oxygen atoms in total. The van der Waals surface area contributed by atoms with Crippen LogP contribution in [0, 0.1) is 5.92 Å². The zero-order chi connectivity index (χ0) is 15.3. The van der Waals surface area contributed by atoms with E-state index in [2.05, 4.69) is 15.5 Å². The first-order valence-electron chi connectivity index (χ1n) is 8.07. The summed E-state index contributed by atoms with van der Waals surface area (Å²) in [6.07, 6.45) is 5.93. The molecule has 2 aliphatic carbocycles. The summed E-state index contributed by atoms with van der Waals surface area (Å²) in [6, 6.07) is -0.343. The molecule has 2 heterocycles. The normalized spacial score (nSPS) is 31.9. The van der Waals surface area contributed by atoms with E-state index in [0.29, 0.717) is 24.1 Å². The second-order valence-corrected chi connectivity index (χ2v) is 6.76. The van der Waals surface area contributed by atoms with Gasteiger partial charge in [0.25, 0.3) is 5.91 Å². The lowest BCUT2D eigenvalue weighted by Gasteiger charge is -2.36. The van der Waals surface area contributed by atoms with Gasteiger partial charge >= 0.3 is 6.03 Å². The number of amides is 3. The molecule has 2 saturated carbocycles. The number of imide groups is 1. The summed E-state index contributed by atoms with van der Waals surface area (Å²) in [5.41, 5.74) is -0.728. The largest absolute Gasteiger partial charge is 0.337 e. The molecule has 1 saturated heterocycles. The summed E-state index contributed by atoms with van der Waals surface area (Å²) >= 11 is 0. The lowest BCUT2D eigenvalue weighted by molar-refractivity contribution is -0.134. The lowest BCUT2D eigenvalue weighted by atomic mass is 9.73. The number of carbonyl (C=O) groups is 2. The molecule has 1 spiro atoms. The van der Waals surface area contributed by atoms with Crippen molar-refractivity contribution in [3.63, 3.8) is 0 Å². The molecular formula is C15H20N4O3. The molecule has 1 aromatic heterocycles. The van der Waals surface area contributed by atoms with Gasteiger partial charge in [-0.05, 0) is 31.6 Å². The molecule has 1 aliphatic heterocycles. The Bertz CT molecular complexity index is 624. The van der Waals surface area contributed by atoms with E-state index in [4.69, 9.17) is 4.52 Å². The molecule has 0 aromatic carbocycles. The number of rotatable bonds is 3. The van der Waals surface area contributed by atoms with Crippen molar-refractivity contribution in [3.05, 3.63) is 11.7 Å². The maximum Gasteiger partial charge on any atom is 0.325 e. The minimum absolute atomic E-state index is 0.0683. The van der Waals surface area contributed by atoms with Crippen molar-refractivity contribution >= 4 is 11.9 Å². The van der Waals surface area contributed by atoms with Gasteiger partial charge in [-0.3, -0.25) is 9.69 Å². The Morgan fingerprint density at radius 1 is 1.32 bits per heavy atom. The summed E-state index contributed by atoms with van der Waals surface area (Å²) in [5, 5.41) is 6.86. The van der Waals surface area contributed by atoms with Gasteiger partial charge in [0.2, 0.25) is 5.89 Å². The highest BCUT2D eigenvalue weighted by molar-refractivity contribution is 6.07. The zero-order valence-corrected chi connectivity index (χ0v) is 12.7. The van der Waals surface area contributed by atoms with Gasteiger partial charge in [-0.25, -0.2) is 4.79 Å². The van der Waals surface area contributed by atoms with Crippen LogP contribution in [0.3, 0.4) is 0 Å². The molecule has 3 fully saturated rings. The van der Waals surface area contributed by atoms with Crippen molar-refractivity contribution in [2.45, 2.75) is 63.5 Å². The molecule has 118 valence electrons. The minimum atomic E-state index is -0.728. The Hall–Kier alpha value is -1.92. The molecule has 4 rings (SSSR count). The fraction of sp³-hybridized carbons (Fsp3) is 0.733. The van der Waals surface area contributed by atoms with Crippen LogP contribution >= 0.6 is 0 Å². The second-order valence-electron chi connectivity index (χ2n) is 6.76. The van der Waals surface area contributed by atoms with E-state index in [-0.39, 0.29) is 24.4 Å². The smallest absolute Gasteiger partial charge is 0.325 e. The van der Waals surface area contributed by atoms with E-state index in [1.807, 2.05) is 6.92 Å². The van der Waals surface area contributed by atoms with E-state index in [1.54, 1.807) is 0 Å². The average molecular weight is 304 g/mol. The van der Waals surface area contributed by atoms with Crippen LogP contribution < -0.4 is 5.32 Å². The van der Waals surface area contributed by atoms with E-state index in [0.717, 1.165) is 32.1 Å². The van der Waals surface area contributed by atoms with Crippen molar-refractivity contribution in [2.75, 3.05) is 0 Å². The Morgan fingerprint density at radius 2 is 2.14 bits per heavy atom. The fourth-order valence-electron chi connectivity index (χ4n) is 3.61. The Morgan fingerprint density at radius 3 is 2.86 bits per heavy atom. The van der Waals surface area contributed by atoms with Gasteiger partial charge in [-0.15, -0.1) is 0 Å². The summed E-state index contributed by atoms with van der Waals surface area (Å²) in [5.74, 6) is 1.45. The van der Waals surface area contributed by atoms with Gasteiger partial charge < -0.3 is 9.84 Å². The first-order chi connectivity index (χ1) is 10.6. The van der Waals surface area contributed by atoms with E-state index < -0.39 is 5.54 Å². The van der Waals surface area contributed by atoms with Crippen LogP contribution in [0.15, 0.2) is 4.52 Å². The fourth-order valence-corrected chi connectivity index (χ4v) is 3.61. The van der Waals surface area contributed by atoms with Crippen LogP contribution in [0.1, 0.15) is 63.1 Å². The SMILES string of the molecule is C[C@H]1CCCC[C@@]12NC(=O)N(Cc1nc(C3CC3)no1)C2=O. The van der Waals surface area contributed by atoms with Crippen LogP contribution in [0.5, 0.6) is 0 Å². The van der Waals surface area contributed by atoms with Crippen LogP contribution in [0.2, 0.25) is 0 Å². The first kappa shape index (κ1) is 13.7. The monoisotopic (exact) mass is 304 g/mol. The van der Waals surface area contributed by atoms with Gasteiger partial charge in [-0.1, -0.05) is 24.9 Å². The molecule has 1 aromatic rings. The molecule has 0 unspecified atom stereocenters.